The van der Waals surface area contributed by atoms with Crippen LogP contribution in [-0.2, 0) is 13.6 Å². The number of likely N-dealkylation sites (N-methyl/N-ethyl adjacent to an activating group) is 1. The van der Waals surface area contributed by atoms with E-state index in [2.05, 4.69) is 109 Å². The van der Waals surface area contributed by atoms with E-state index in [9.17, 15) is 0 Å². The van der Waals surface area contributed by atoms with Gasteiger partial charge in [0, 0.05) is 23.4 Å². The molecule has 1 heterocycles. The maximum Gasteiger partial charge on any atom is 0.243 e. The average molecular weight is 539 g/mol. The molecule has 0 saturated heterocycles. The summed E-state index contributed by atoms with van der Waals surface area (Å²) in [5.74, 6) is 0. The highest BCUT2D eigenvalue weighted by Crippen LogP contribution is 2.36. The standard InChI is InChI=1S/C34H32N7/c1-3-41(23-22-40-21-20-39(2)25-40)29-18-16-28(17-19-29)37-36-27-14-12-26(13-15-27)24-35-38-34-32-10-6-4-8-30(32)31-9-5-7-11-33(31)34/h4-21,24-25H,3,22-23H2,1-2H3/q+1. The van der Waals surface area contributed by atoms with Crippen molar-refractivity contribution >= 4 is 29.0 Å². The van der Waals surface area contributed by atoms with E-state index in [4.69, 9.17) is 0 Å². The van der Waals surface area contributed by atoms with Crippen LogP contribution in [0.3, 0.4) is 0 Å². The number of aryl methyl sites for hydroxylation is 1. The molecule has 41 heavy (non-hydrogen) atoms. The van der Waals surface area contributed by atoms with Gasteiger partial charge in [-0.1, -0.05) is 60.7 Å². The molecule has 6 rings (SSSR count). The van der Waals surface area contributed by atoms with Crippen LogP contribution in [0.1, 0.15) is 23.6 Å². The van der Waals surface area contributed by atoms with Gasteiger partial charge < -0.3 is 4.90 Å². The Bertz CT molecular complexity index is 1680. The zero-order valence-electron chi connectivity index (χ0n) is 23.3. The summed E-state index contributed by atoms with van der Waals surface area (Å²) < 4.78 is 4.26. The summed E-state index contributed by atoms with van der Waals surface area (Å²) in [6, 6.07) is 32.7. The zero-order chi connectivity index (χ0) is 28.0. The quantitative estimate of drug-likeness (QED) is 0.0838. The minimum Gasteiger partial charge on any atom is -0.368 e. The van der Waals surface area contributed by atoms with Crippen LogP contribution >= 0.6 is 0 Å². The van der Waals surface area contributed by atoms with E-state index in [-0.39, 0.29) is 0 Å². The normalized spacial score (nSPS) is 12.2. The third-order valence-electron chi connectivity index (χ3n) is 7.24. The molecule has 0 bridgehead atoms. The third kappa shape index (κ3) is 5.89. The Kier molecular flexibility index (Phi) is 7.58. The summed E-state index contributed by atoms with van der Waals surface area (Å²) in [5.41, 5.74) is 9.27. The molecule has 1 aliphatic rings. The molecule has 0 spiro atoms. The van der Waals surface area contributed by atoms with Gasteiger partial charge in [-0.25, -0.2) is 9.13 Å². The highest BCUT2D eigenvalue weighted by Gasteiger charge is 2.23. The predicted molar refractivity (Wildman–Crippen MR) is 166 cm³/mol. The highest BCUT2D eigenvalue weighted by molar-refractivity contribution is 6.24. The number of hydrogen-bond donors (Lipinski definition) is 0. The maximum atomic E-state index is 4.59. The minimum absolute atomic E-state index is 0.784. The summed E-state index contributed by atoms with van der Waals surface area (Å²) in [6.07, 6.45) is 8.02. The van der Waals surface area contributed by atoms with Gasteiger partial charge in [0.1, 0.15) is 24.7 Å². The monoisotopic (exact) mass is 538 g/mol. The van der Waals surface area contributed by atoms with Crippen molar-refractivity contribution in [3.05, 3.63) is 132 Å². The predicted octanol–water partition coefficient (Wildman–Crippen LogP) is 7.11. The average Bonchev–Trinajstić information content (AvgIpc) is 3.58. The summed E-state index contributed by atoms with van der Waals surface area (Å²) in [6.45, 7) is 5.00. The number of aromatic nitrogens is 2. The van der Waals surface area contributed by atoms with E-state index < -0.39 is 0 Å². The highest BCUT2D eigenvalue weighted by atomic mass is 15.2. The van der Waals surface area contributed by atoms with Gasteiger partial charge in [-0.3, -0.25) is 0 Å². The van der Waals surface area contributed by atoms with E-state index in [1.165, 1.54) is 16.8 Å². The number of azo groups is 1. The van der Waals surface area contributed by atoms with Gasteiger partial charge in [0.2, 0.25) is 6.33 Å². The van der Waals surface area contributed by atoms with Crippen LogP contribution in [0.15, 0.2) is 136 Å². The van der Waals surface area contributed by atoms with Crippen molar-refractivity contribution in [3.8, 4) is 11.1 Å². The lowest BCUT2D eigenvalue weighted by Crippen LogP contribution is -2.39. The lowest BCUT2D eigenvalue weighted by Gasteiger charge is -2.22. The molecule has 0 amide bonds. The summed E-state index contributed by atoms with van der Waals surface area (Å²) in [7, 11) is 2.04. The van der Waals surface area contributed by atoms with Crippen molar-refractivity contribution in [2.45, 2.75) is 13.5 Å². The van der Waals surface area contributed by atoms with E-state index in [1.54, 1.807) is 6.21 Å². The molecule has 0 atom stereocenters. The Balaban J connectivity index is 1.08. The molecule has 1 aromatic heterocycles. The fourth-order valence-corrected chi connectivity index (χ4v) is 5.07. The van der Waals surface area contributed by atoms with Crippen molar-refractivity contribution in [2.24, 2.45) is 27.5 Å². The van der Waals surface area contributed by atoms with Gasteiger partial charge in [0.15, 0.2) is 0 Å². The largest absolute Gasteiger partial charge is 0.368 e. The summed E-state index contributed by atoms with van der Waals surface area (Å²) in [5, 5.41) is 17.8. The molecular weight excluding hydrogens is 506 g/mol. The first-order chi connectivity index (χ1) is 20.2. The Labute approximate surface area is 240 Å². The molecule has 0 unspecified atom stereocenters. The Morgan fingerprint density at radius 1 is 0.756 bits per heavy atom. The number of anilines is 1. The second-order valence-corrected chi connectivity index (χ2v) is 9.99. The van der Waals surface area contributed by atoms with E-state index >= 15 is 0 Å². The number of imidazole rings is 1. The number of benzene rings is 4. The van der Waals surface area contributed by atoms with E-state index in [0.717, 1.165) is 53.4 Å². The fraction of sp³-hybridized carbons (Fsp3) is 0.147. The van der Waals surface area contributed by atoms with Gasteiger partial charge in [0.05, 0.1) is 31.2 Å². The molecule has 0 fully saturated rings. The molecule has 202 valence electrons. The molecule has 0 radical (unpaired) electrons. The molecule has 0 N–H and O–H groups in total. The van der Waals surface area contributed by atoms with Crippen LogP contribution in [0.5, 0.6) is 0 Å². The topological polar surface area (TPSA) is 61.5 Å². The number of rotatable bonds is 9. The second-order valence-electron chi connectivity index (χ2n) is 9.99. The van der Waals surface area contributed by atoms with Crippen LogP contribution in [0.2, 0.25) is 0 Å². The molecule has 5 aromatic rings. The van der Waals surface area contributed by atoms with Crippen LogP contribution in [0.25, 0.3) is 11.1 Å². The first-order valence-electron chi connectivity index (χ1n) is 13.9. The zero-order valence-corrected chi connectivity index (χ0v) is 23.3. The lowest BCUT2D eigenvalue weighted by atomic mass is 10.1. The summed E-state index contributed by atoms with van der Waals surface area (Å²) in [4.78, 5) is 2.36. The van der Waals surface area contributed by atoms with Crippen LogP contribution in [-0.4, -0.2) is 29.6 Å². The van der Waals surface area contributed by atoms with Gasteiger partial charge in [-0.15, -0.1) is 5.10 Å². The minimum atomic E-state index is 0.784. The molecule has 4 aromatic carbocycles. The molecular formula is C34H32N7+. The summed E-state index contributed by atoms with van der Waals surface area (Å²) >= 11 is 0. The van der Waals surface area contributed by atoms with Gasteiger partial charge in [-0.2, -0.15) is 15.3 Å². The van der Waals surface area contributed by atoms with Crippen molar-refractivity contribution in [1.82, 2.24) is 4.57 Å². The SMILES string of the molecule is CCN(CC[n+]1ccn(C)c1)c1ccc(N=Nc2ccc(C=NN=C3c4ccccc4-c4ccccc43)cc2)cc1. The Hall–Kier alpha value is -5.17. The fourth-order valence-electron chi connectivity index (χ4n) is 5.07. The number of nitrogens with zero attached hydrogens (tertiary/aromatic N) is 7. The molecule has 7 heteroatoms. The van der Waals surface area contributed by atoms with Crippen LogP contribution in [0, 0.1) is 0 Å². The first kappa shape index (κ1) is 26.1. The third-order valence-corrected chi connectivity index (χ3v) is 7.24. The smallest absolute Gasteiger partial charge is 0.243 e. The lowest BCUT2D eigenvalue weighted by molar-refractivity contribution is -0.693. The van der Waals surface area contributed by atoms with E-state index in [0.29, 0.717) is 0 Å². The number of fused-ring (bicyclic) bond motifs is 3. The maximum absolute atomic E-state index is 4.59. The van der Waals surface area contributed by atoms with Crippen LogP contribution < -0.4 is 9.47 Å². The van der Waals surface area contributed by atoms with E-state index in [1.807, 2.05) is 55.6 Å². The van der Waals surface area contributed by atoms with Crippen molar-refractivity contribution < 1.29 is 4.57 Å². The van der Waals surface area contributed by atoms with Crippen molar-refractivity contribution in [1.29, 1.82) is 0 Å². The van der Waals surface area contributed by atoms with Gasteiger partial charge >= 0.3 is 0 Å². The second kappa shape index (κ2) is 11.9. The van der Waals surface area contributed by atoms with Crippen LogP contribution in [0.4, 0.5) is 17.1 Å². The first-order valence-corrected chi connectivity index (χ1v) is 13.9. The molecule has 0 aliphatic heterocycles. The Morgan fingerprint density at radius 3 is 1.90 bits per heavy atom. The van der Waals surface area contributed by atoms with Crippen molar-refractivity contribution in [3.63, 3.8) is 0 Å². The van der Waals surface area contributed by atoms with Gasteiger partial charge in [0.25, 0.3) is 0 Å². The Morgan fingerprint density at radius 2 is 1.34 bits per heavy atom. The number of hydrogen-bond acceptors (Lipinski definition) is 5. The van der Waals surface area contributed by atoms with Crippen molar-refractivity contribution in [2.75, 3.05) is 18.0 Å². The molecule has 7 nitrogen and oxygen atoms in total. The van der Waals surface area contributed by atoms with Gasteiger partial charge in [-0.05, 0) is 60.0 Å². The molecule has 1 aliphatic carbocycles. The molecule has 0 saturated carbocycles.